The topological polar surface area (TPSA) is 97.7 Å². The zero-order chi connectivity index (χ0) is 20.0. The number of anilines is 1. The summed E-state index contributed by atoms with van der Waals surface area (Å²) in [7, 11) is 2.99. The number of methoxy groups -OCH3 is 2. The first-order valence-corrected chi connectivity index (χ1v) is 9.49. The molecule has 1 aromatic heterocycles. The molecule has 2 rings (SSSR count). The maximum absolute atomic E-state index is 12.6. The highest BCUT2D eigenvalue weighted by molar-refractivity contribution is 8.04. The number of thioether (sulfide) groups is 1. The number of carbonyl (C=O) groups is 2. The lowest BCUT2D eigenvalue weighted by Crippen LogP contribution is -2.11. The number of nitrogens with one attached hydrogen (secondary N) is 1. The molecule has 1 heterocycles. The second-order valence-corrected chi connectivity index (χ2v) is 6.97. The van der Waals surface area contributed by atoms with Crippen LogP contribution in [-0.4, -0.2) is 32.7 Å². The van der Waals surface area contributed by atoms with Gasteiger partial charge in [-0.25, -0.2) is 4.79 Å². The number of carbonyl (C=O) groups excluding carboxylic acids is 2. The van der Waals surface area contributed by atoms with Crippen molar-refractivity contribution in [3.05, 3.63) is 34.2 Å². The summed E-state index contributed by atoms with van der Waals surface area (Å²) in [5, 5.41) is 14.2. The molecule has 7 nitrogen and oxygen atoms in total. The summed E-state index contributed by atoms with van der Waals surface area (Å²) >= 11 is 1.96. The molecular weight excluding hydrogens is 388 g/mol. The van der Waals surface area contributed by atoms with Crippen LogP contribution in [0.15, 0.2) is 23.1 Å². The van der Waals surface area contributed by atoms with Gasteiger partial charge in [0.25, 0.3) is 5.91 Å². The van der Waals surface area contributed by atoms with Gasteiger partial charge in [0.15, 0.2) is 11.5 Å². The Labute approximate surface area is 165 Å². The molecule has 0 aliphatic heterocycles. The predicted octanol–water partition coefficient (Wildman–Crippen LogP) is 4.08. The van der Waals surface area contributed by atoms with Gasteiger partial charge in [-0.1, -0.05) is 0 Å². The Balaban J connectivity index is 2.35. The van der Waals surface area contributed by atoms with Crippen molar-refractivity contribution in [2.24, 2.45) is 0 Å². The van der Waals surface area contributed by atoms with E-state index in [4.69, 9.17) is 19.5 Å². The van der Waals surface area contributed by atoms with Gasteiger partial charge in [0.05, 0.1) is 25.7 Å². The number of esters is 1. The van der Waals surface area contributed by atoms with Crippen LogP contribution in [-0.2, 0) is 4.74 Å². The van der Waals surface area contributed by atoms with E-state index in [0.29, 0.717) is 37.4 Å². The van der Waals surface area contributed by atoms with Gasteiger partial charge >= 0.3 is 5.97 Å². The summed E-state index contributed by atoms with van der Waals surface area (Å²) in [6, 6.07) is 4.78. The van der Waals surface area contributed by atoms with Gasteiger partial charge in [0, 0.05) is 5.56 Å². The first-order valence-electron chi connectivity index (χ1n) is 7.86. The molecule has 142 valence electrons. The minimum Gasteiger partial charge on any atom is -0.493 e. The third-order valence-electron chi connectivity index (χ3n) is 3.57. The average Bonchev–Trinajstić information content (AvgIpc) is 2.97. The Morgan fingerprint density at radius 3 is 2.56 bits per heavy atom. The number of nitriles is 1. The van der Waals surface area contributed by atoms with Gasteiger partial charge in [-0.3, -0.25) is 4.79 Å². The molecule has 9 heteroatoms. The van der Waals surface area contributed by atoms with Crippen LogP contribution in [0.3, 0.4) is 0 Å². The molecule has 0 unspecified atom stereocenters. The van der Waals surface area contributed by atoms with Crippen molar-refractivity contribution in [1.82, 2.24) is 0 Å². The summed E-state index contributed by atoms with van der Waals surface area (Å²) in [5.74, 6) is 0.0523. The SMILES string of the molecule is CCOC(=O)c1sc(NC(=O)c2ccc(OC)c(OC)c2)c(SC#N)c1C. The van der Waals surface area contributed by atoms with Crippen LogP contribution in [0.25, 0.3) is 0 Å². The summed E-state index contributed by atoms with van der Waals surface area (Å²) in [4.78, 5) is 25.6. The highest BCUT2D eigenvalue weighted by atomic mass is 32.2. The summed E-state index contributed by atoms with van der Waals surface area (Å²) in [6.45, 7) is 3.67. The van der Waals surface area contributed by atoms with E-state index >= 15 is 0 Å². The minimum absolute atomic E-state index is 0.240. The van der Waals surface area contributed by atoms with Crippen LogP contribution in [0.5, 0.6) is 11.5 Å². The van der Waals surface area contributed by atoms with Gasteiger partial charge < -0.3 is 19.5 Å². The van der Waals surface area contributed by atoms with E-state index in [1.807, 2.05) is 5.40 Å². The second kappa shape index (κ2) is 9.30. The molecule has 0 radical (unpaired) electrons. The summed E-state index contributed by atoms with van der Waals surface area (Å²) < 4.78 is 15.4. The van der Waals surface area contributed by atoms with Crippen LogP contribution < -0.4 is 14.8 Å². The van der Waals surface area contributed by atoms with E-state index in [2.05, 4.69) is 5.32 Å². The van der Waals surface area contributed by atoms with Gasteiger partial charge in [-0.15, -0.1) is 11.3 Å². The normalized spacial score (nSPS) is 10.0. The molecule has 27 heavy (non-hydrogen) atoms. The van der Waals surface area contributed by atoms with E-state index < -0.39 is 11.9 Å². The number of ether oxygens (including phenoxy) is 3. The smallest absolute Gasteiger partial charge is 0.348 e. The fraction of sp³-hybridized carbons (Fsp3) is 0.278. The van der Waals surface area contributed by atoms with Crippen molar-refractivity contribution in [2.75, 3.05) is 26.1 Å². The Bertz CT molecular complexity index is 902. The van der Waals surface area contributed by atoms with Gasteiger partial charge in [-0.2, -0.15) is 5.26 Å². The fourth-order valence-corrected chi connectivity index (χ4v) is 4.09. The zero-order valence-electron chi connectivity index (χ0n) is 15.2. The third kappa shape index (κ3) is 4.53. The zero-order valence-corrected chi connectivity index (χ0v) is 16.9. The molecule has 1 aromatic carbocycles. The number of thiophene rings is 1. The summed E-state index contributed by atoms with van der Waals surface area (Å²) in [6.07, 6.45) is 0. The van der Waals surface area contributed by atoms with Crippen molar-refractivity contribution >= 4 is 40.0 Å². The standard InChI is InChI=1S/C18H18N2O5S2/c1-5-25-18(22)15-10(2)14(26-9-19)17(27-15)20-16(21)11-6-7-12(23-3)13(8-11)24-4/h6-8H,5H2,1-4H3,(H,20,21). The molecule has 2 aromatic rings. The van der Waals surface area contributed by atoms with Gasteiger partial charge in [-0.05, 0) is 49.4 Å². The number of hydrogen-bond donors (Lipinski definition) is 1. The molecule has 0 saturated carbocycles. The highest BCUT2D eigenvalue weighted by Gasteiger charge is 2.23. The van der Waals surface area contributed by atoms with Crippen LogP contribution in [0.1, 0.15) is 32.5 Å². The van der Waals surface area contributed by atoms with E-state index in [1.165, 1.54) is 14.2 Å². The maximum atomic E-state index is 12.6. The second-order valence-electron chi connectivity index (χ2n) is 5.15. The third-order valence-corrected chi connectivity index (χ3v) is 5.70. The van der Waals surface area contributed by atoms with E-state index in [1.54, 1.807) is 32.0 Å². The first kappa shape index (κ1) is 20.6. The largest absolute Gasteiger partial charge is 0.493 e. The fourth-order valence-electron chi connectivity index (χ4n) is 2.29. The highest BCUT2D eigenvalue weighted by Crippen LogP contribution is 2.40. The molecular formula is C18H18N2O5S2. The summed E-state index contributed by atoms with van der Waals surface area (Å²) in [5.41, 5.74) is 0.955. The number of nitrogens with zero attached hydrogens (tertiary/aromatic N) is 1. The van der Waals surface area contributed by atoms with Crippen LogP contribution >= 0.6 is 23.1 Å². The molecule has 0 saturated heterocycles. The van der Waals surface area contributed by atoms with Gasteiger partial charge in [0.1, 0.15) is 15.3 Å². The number of amides is 1. The molecule has 1 amide bonds. The number of benzene rings is 1. The molecule has 1 N–H and O–H groups in total. The van der Waals surface area contributed by atoms with E-state index in [9.17, 15) is 9.59 Å². The predicted molar refractivity (Wildman–Crippen MR) is 104 cm³/mol. The molecule has 0 spiro atoms. The molecule has 0 aliphatic rings. The van der Waals surface area contributed by atoms with Crippen molar-refractivity contribution in [1.29, 1.82) is 5.26 Å². The first-order chi connectivity index (χ1) is 13.0. The molecule has 0 bridgehead atoms. The lowest BCUT2D eigenvalue weighted by Gasteiger charge is -2.10. The number of hydrogen-bond acceptors (Lipinski definition) is 8. The molecule has 0 aliphatic carbocycles. The van der Waals surface area contributed by atoms with Crippen LogP contribution in [0.4, 0.5) is 5.00 Å². The van der Waals surface area contributed by atoms with E-state index in [-0.39, 0.29) is 6.61 Å². The Morgan fingerprint density at radius 2 is 1.96 bits per heavy atom. The minimum atomic E-state index is -0.480. The van der Waals surface area contributed by atoms with Crippen LogP contribution in [0, 0.1) is 17.6 Å². The lowest BCUT2D eigenvalue weighted by molar-refractivity contribution is 0.0531. The van der Waals surface area contributed by atoms with Crippen LogP contribution in [0.2, 0.25) is 0 Å². The lowest BCUT2D eigenvalue weighted by atomic mass is 10.2. The van der Waals surface area contributed by atoms with Crippen molar-refractivity contribution in [3.8, 4) is 16.9 Å². The van der Waals surface area contributed by atoms with E-state index in [0.717, 1.165) is 23.1 Å². The van der Waals surface area contributed by atoms with Crippen molar-refractivity contribution in [2.45, 2.75) is 18.7 Å². The van der Waals surface area contributed by atoms with Crippen molar-refractivity contribution < 1.29 is 23.8 Å². The molecule has 0 fully saturated rings. The molecule has 0 atom stereocenters. The average molecular weight is 406 g/mol. The quantitative estimate of drug-likeness (QED) is 0.420. The maximum Gasteiger partial charge on any atom is 0.348 e. The van der Waals surface area contributed by atoms with Crippen molar-refractivity contribution in [3.63, 3.8) is 0 Å². The Kier molecular flexibility index (Phi) is 7.10. The Morgan fingerprint density at radius 1 is 1.26 bits per heavy atom. The Hall–Kier alpha value is -2.70. The monoisotopic (exact) mass is 406 g/mol. The number of rotatable bonds is 7. The van der Waals surface area contributed by atoms with Gasteiger partial charge in [0.2, 0.25) is 0 Å². The number of thiocyanates is 1.